The minimum atomic E-state index is -3.66. The maximum absolute atomic E-state index is 12.4. The Balaban J connectivity index is 2.16. The summed E-state index contributed by atoms with van der Waals surface area (Å²) in [6.07, 6.45) is 1.04. The lowest BCUT2D eigenvalue weighted by molar-refractivity contribution is -0.114. The van der Waals surface area contributed by atoms with E-state index in [0.717, 1.165) is 10.6 Å². The van der Waals surface area contributed by atoms with E-state index >= 15 is 0 Å². The summed E-state index contributed by atoms with van der Waals surface area (Å²) in [6.45, 7) is 1.98. The lowest BCUT2D eigenvalue weighted by Gasteiger charge is -2.22. The number of anilines is 2. The van der Waals surface area contributed by atoms with Crippen molar-refractivity contribution in [2.75, 3.05) is 36.1 Å². The van der Waals surface area contributed by atoms with Crippen LogP contribution in [-0.4, -0.2) is 40.8 Å². The third-order valence-corrected chi connectivity index (χ3v) is 4.99. The predicted octanol–water partition coefficient (Wildman–Crippen LogP) is 3.15. The van der Waals surface area contributed by atoms with Gasteiger partial charge in [-0.1, -0.05) is 11.6 Å². The van der Waals surface area contributed by atoms with Crippen LogP contribution in [0.4, 0.5) is 11.4 Å². The Kier molecular flexibility index (Phi) is 6.92. The fourth-order valence-electron chi connectivity index (χ4n) is 2.35. The highest BCUT2D eigenvalue weighted by molar-refractivity contribution is 7.92. The average Bonchev–Trinajstić information content (AvgIpc) is 2.60. The molecule has 7 nitrogen and oxygen atoms in total. The summed E-state index contributed by atoms with van der Waals surface area (Å²) < 4.78 is 35.7. The second-order valence-corrected chi connectivity index (χ2v) is 7.91. The van der Waals surface area contributed by atoms with E-state index in [2.05, 4.69) is 5.32 Å². The highest BCUT2D eigenvalue weighted by Crippen LogP contribution is 2.27. The van der Waals surface area contributed by atoms with Gasteiger partial charge < -0.3 is 14.8 Å². The van der Waals surface area contributed by atoms with Gasteiger partial charge in [0.05, 0.1) is 30.7 Å². The number of rotatable bonds is 8. The van der Waals surface area contributed by atoms with Gasteiger partial charge in [0.15, 0.2) is 0 Å². The SMILES string of the molecule is CCOc1ccc(N(CC(=O)Nc2ccc(OC)c(Cl)c2)S(C)(=O)=O)cc1. The highest BCUT2D eigenvalue weighted by atomic mass is 35.5. The standard InChI is InChI=1S/C18H21ClN2O5S/c1-4-26-15-8-6-14(7-9-15)21(27(3,23)24)12-18(22)20-13-5-10-17(25-2)16(19)11-13/h5-11H,4,12H2,1-3H3,(H,20,22). The number of carbonyl (C=O) groups is 1. The Bertz CT molecular complexity index is 900. The molecule has 146 valence electrons. The zero-order valence-corrected chi connectivity index (χ0v) is 16.8. The molecule has 2 rings (SSSR count). The van der Waals surface area contributed by atoms with Crippen molar-refractivity contribution in [2.24, 2.45) is 0 Å². The van der Waals surface area contributed by atoms with Crippen molar-refractivity contribution in [1.82, 2.24) is 0 Å². The number of nitrogens with one attached hydrogen (secondary N) is 1. The van der Waals surface area contributed by atoms with Gasteiger partial charge in [-0.2, -0.15) is 0 Å². The van der Waals surface area contributed by atoms with Gasteiger partial charge >= 0.3 is 0 Å². The smallest absolute Gasteiger partial charge is 0.245 e. The Hall–Kier alpha value is -2.45. The number of benzene rings is 2. The van der Waals surface area contributed by atoms with E-state index in [9.17, 15) is 13.2 Å². The lowest BCUT2D eigenvalue weighted by atomic mass is 10.3. The zero-order chi connectivity index (χ0) is 20.0. The Morgan fingerprint density at radius 2 is 1.85 bits per heavy atom. The van der Waals surface area contributed by atoms with Crippen molar-refractivity contribution < 1.29 is 22.7 Å². The Morgan fingerprint density at radius 1 is 1.19 bits per heavy atom. The van der Waals surface area contributed by atoms with Crippen molar-refractivity contribution in [2.45, 2.75) is 6.92 Å². The first-order valence-corrected chi connectivity index (χ1v) is 10.3. The number of sulfonamides is 1. The molecule has 9 heteroatoms. The normalized spacial score (nSPS) is 11.0. The van der Waals surface area contributed by atoms with E-state index in [4.69, 9.17) is 21.1 Å². The van der Waals surface area contributed by atoms with Crippen molar-refractivity contribution in [3.63, 3.8) is 0 Å². The number of methoxy groups -OCH3 is 1. The monoisotopic (exact) mass is 412 g/mol. The van der Waals surface area contributed by atoms with Gasteiger partial charge in [0.1, 0.15) is 18.0 Å². The quantitative estimate of drug-likeness (QED) is 0.719. The zero-order valence-electron chi connectivity index (χ0n) is 15.2. The number of halogens is 1. The van der Waals surface area contributed by atoms with E-state index in [-0.39, 0.29) is 6.54 Å². The summed E-state index contributed by atoms with van der Waals surface area (Å²) in [4.78, 5) is 12.4. The molecule has 0 bridgehead atoms. The first-order valence-electron chi connectivity index (χ1n) is 8.08. The van der Waals surface area contributed by atoms with Crippen molar-refractivity contribution in [1.29, 1.82) is 0 Å². The molecule has 0 saturated heterocycles. The summed E-state index contributed by atoms with van der Waals surface area (Å²) in [5.41, 5.74) is 0.801. The first-order chi connectivity index (χ1) is 12.7. The molecule has 0 fully saturated rings. The van der Waals surface area contributed by atoms with Crippen molar-refractivity contribution in [3.05, 3.63) is 47.5 Å². The molecule has 0 aliphatic heterocycles. The number of hydrogen-bond donors (Lipinski definition) is 1. The van der Waals surface area contributed by atoms with Crippen LogP contribution >= 0.6 is 11.6 Å². The van der Waals surface area contributed by atoms with Gasteiger partial charge in [-0.25, -0.2) is 8.42 Å². The molecule has 0 aliphatic rings. The Morgan fingerprint density at radius 3 is 2.37 bits per heavy atom. The van der Waals surface area contributed by atoms with Gasteiger partial charge in [0.25, 0.3) is 0 Å². The summed E-state index contributed by atoms with van der Waals surface area (Å²) in [5.74, 6) is 0.587. The van der Waals surface area contributed by atoms with Crippen LogP contribution in [0.2, 0.25) is 5.02 Å². The maximum atomic E-state index is 12.4. The van der Waals surface area contributed by atoms with Gasteiger partial charge in [-0.15, -0.1) is 0 Å². The fourth-order valence-corrected chi connectivity index (χ4v) is 3.46. The maximum Gasteiger partial charge on any atom is 0.245 e. The van der Waals surface area contributed by atoms with Crippen LogP contribution in [-0.2, 0) is 14.8 Å². The van der Waals surface area contributed by atoms with Crippen molar-refractivity contribution >= 4 is 38.9 Å². The summed E-state index contributed by atoms with van der Waals surface area (Å²) in [6, 6.07) is 11.2. The van der Waals surface area contributed by atoms with E-state index in [1.807, 2.05) is 6.92 Å². The van der Waals surface area contributed by atoms with Gasteiger partial charge in [0.2, 0.25) is 15.9 Å². The molecular weight excluding hydrogens is 392 g/mol. The van der Waals surface area contributed by atoms with Crippen LogP contribution in [0.15, 0.2) is 42.5 Å². The largest absolute Gasteiger partial charge is 0.495 e. The van der Waals surface area contributed by atoms with E-state index in [0.29, 0.717) is 34.5 Å². The van der Waals surface area contributed by atoms with E-state index in [1.165, 1.54) is 13.2 Å². The Labute approximate surface area is 163 Å². The number of hydrogen-bond acceptors (Lipinski definition) is 5. The first kappa shape index (κ1) is 20.9. The molecule has 0 radical (unpaired) electrons. The number of nitrogens with zero attached hydrogens (tertiary/aromatic N) is 1. The molecule has 0 unspecified atom stereocenters. The second-order valence-electron chi connectivity index (χ2n) is 5.59. The predicted molar refractivity (Wildman–Crippen MR) is 106 cm³/mol. The lowest BCUT2D eigenvalue weighted by Crippen LogP contribution is -2.37. The van der Waals surface area contributed by atoms with E-state index < -0.39 is 15.9 Å². The molecule has 27 heavy (non-hydrogen) atoms. The second kappa shape index (κ2) is 8.96. The third-order valence-electron chi connectivity index (χ3n) is 3.56. The molecule has 2 aromatic rings. The van der Waals surface area contributed by atoms with Crippen LogP contribution < -0.4 is 19.1 Å². The number of ether oxygens (including phenoxy) is 2. The molecule has 0 atom stereocenters. The minimum Gasteiger partial charge on any atom is -0.495 e. The molecule has 0 aliphatic carbocycles. The fraction of sp³-hybridized carbons (Fsp3) is 0.278. The van der Waals surface area contributed by atoms with Crippen LogP contribution in [0.1, 0.15) is 6.92 Å². The summed E-state index contributed by atoms with van der Waals surface area (Å²) >= 11 is 6.03. The van der Waals surface area contributed by atoms with Gasteiger partial charge in [-0.3, -0.25) is 9.10 Å². The van der Waals surface area contributed by atoms with Crippen molar-refractivity contribution in [3.8, 4) is 11.5 Å². The topological polar surface area (TPSA) is 84.9 Å². The third kappa shape index (κ3) is 5.77. The molecule has 0 heterocycles. The van der Waals surface area contributed by atoms with Crippen LogP contribution in [0.3, 0.4) is 0 Å². The van der Waals surface area contributed by atoms with Crippen LogP contribution in [0, 0.1) is 0 Å². The van der Waals surface area contributed by atoms with Gasteiger partial charge in [-0.05, 0) is 49.4 Å². The van der Waals surface area contributed by atoms with Crippen LogP contribution in [0.5, 0.6) is 11.5 Å². The highest BCUT2D eigenvalue weighted by Gasteiger charge is 2.21. The molecule has 2 aromatic carbocycles. The summed E-state index contributed by atoms with van der Waals surface area (Å²) in [7, 11) is -2.18. The molecule has 0 aromatic heterocycles. The van der Waals surface area contributed by atoms with E-state index in [1.54, 1.807) is 36.4 Å². The molecule has 0 saturated carbocycles. The van der Waals surface area contributed by atoms with Crippen LogP contribution in [0.25, 0.3) is 0 Å². The molecular formula is C18H21ClN2O5S. The molecule has 1 amide bonds. The molecule has 0 spiro atoms. The summed E-state index contributed by atoms with van der Waals surface area (Å²) in [5, 5.41) is 2.96. The number of amides is 1. The molecule has 1 N–H and O–H groups in total. The number of carbonyl (C=O) groups excluding carboxylic acids is 1. The van der Waals surface area contributed by atoms with Gasteiger partial charge in [0, 0.05) is 5.69 Å². The minimum absolute atomic E-state index is 0.335. The average molecular weight is 413 g/mol.